The topological polar surface area (TPSA) is 21.3 Å². The van der Waals surface area contributed by atoms with E-state index in [0.29, 0.717) is 0 Å². The summed E-state index contributed by atoms with van der Waals surface area (Å²) < 4.78 is 7.17. The van der Waals surface area contributed by atoms with E-state index in [1.807, 2.05) is 12.1 Å². The lowest BCUT2D eigenvalue weighted by Gasteiger charge is -2.26. The van der Waals surface area contributed by atoms with E-state index in [0.717, 1.165) is 36.2 Å². The lowest BCUT2D eigenvalue weighted by atomic mass is 10.0. The van der Waals surface area contributed by atoms with Crippen molar-refractivity contribution in [2.24, 2.45) is 0 Å². The van der Waals surface area contributed by atoms with Crippen LogP contribution < -0.4 is 10.1 Å². The Hall–Kier alpha value is -1.32. The van der Waals surface area contributed by atoms with Crippen molar-refractivity contribution in [2.75, 3.05) is 6.54 Å². The molecule has 3 heteroatoms. The molecule has 104 valence electrons. The van der Waals surface area contributed by atoms with Gasteiger partial charge in [0.15, 0.2) is 0 Å². The third kappa shape index (κ3) is 3.41. The molecule has 3 rings (SSSR count). The first kappa shape index (κ1) is 13.7. The molecule has 0 unspecified atom stereocenters. The number of ether oxygens (including phenoxy) is 1. The standard InChI is InChI=1S/C17H18BrNO/c18-15-7-9-17-14(10-15)6-8-16(20-17)12-19-11-13-4-2-1-3-5-13/h1-5,7,9-10,16,19H,6,8,11-12H2/t16-/m1/s1. The van der Waals surface area contributed by atoms with Gasteiger partial charge in [-0.2, -0.15) is 0 Å². The van der Waals surface area contributed by atoms with Gasteiger partial charge in [-0.15, -0.1) is 0 Å². The van der Waals surface area contributed by atoms with Gasteiger partial charge in [0.1, 0.15) is 11.9 Å². The number of aryl methyl sites for hydroxylation is 1. The summed E-state index contributed by atoms with van der Waals surface area (Å²) >= 11 is 3.51. The number of nitrogens with one attached hydrogen (secondary N) is 1. The molecule has 0 aromatic heterocycles. The Labute approximate surface area is 128 Å². The fourth-order valence-corrected chi connectivity index (χ4v) is 2.94. The van der Waals surface area contributed by atoms with Gasteiger partial charge in [-0.3, -0.25) is 0 Å². The number of rotatable bonds is 4. The summed E-state index contributed by atoms with van der Waals surface area (Å²) in [6.45, 7) is 1.79. The number of hydrogen-bond donors (Lipinski definition) is 1. The van der Waals surface area contributed by atoms with Crippen LogP contribution in [0.4, 0.5) is 0 Å². The van der Waals surface area contributed by atoms with Crippen LogP contribution in [0.15, 0.2) is 53.0 Å². The number of fused-ring (bicyclic) bond motifs is 1. The summed E-state index contributed by atoms with van der Waals surface area (Å²) in [6.07, 6.45) is 2.44. The van der Waals surface area contributed by atoms with Crippen molar-refractivity contribution < 1.29 is 4.74 Å². The van der Waals surface area contributed by atoms with Crippen molar-refractivity contribution in [3.63, 3.8) is 0 Å². The molecule has 0 bridgehead atoms. The molecule has 0 amide bonds. The first-order valence-electron chi connectivity index (χ1n) is 7.01. The number of benzene rings is 2. The highest BCUT2D eigenvalue weighted by atomic mass is 79.9. The Kier molecular flexibility index (Phi) is 4.38. The monoisotopic (exact) mass is 331 g/mol. The highest BCUT2D eigenvalue weighted by molar-refractivity contribution is 9.10. The van der Waals surface area contributed by atoms with E-state index >= 15 is 0 Å². The van der Waals surface area contributed by atoms with E-state index in [9.17, 15) is 0 Å². The highest BCUT2D eigenvalue weighted by Crippen LogP contribution is 2.29. The molecule has 20 heavy (non-hydrogen) atoms. The van der Waals surface area contributed by atoms with Gasteiger partial charge in [-0.25, -0.2) is 0 Å². The van der Waals surface area contributed by atoms with Crippen LogP contribution in [-0.4, -0.2) is 12.6 Å². The second kappa shape index (κ2) is 6.42. The maximum Gasteiger partial charge on any atom is 0.123 e. The van der Waals surface area contributed by atoms with Crippen molar-refractivity contribution in [2.45, 2.75) is 25.5 Å². The van der Waals surface area contributed by atoms with Gasteiger partial charge < -0.3 is 10.1 Å². The minimum Gasteiger partial charge on any atom is -0.489 e. The van der Waals surface area contributed by atoms with Crippen LogP contribution in [0.3, 0.4) is 0 Å². The Balaban J connectivity index is 1.52. The molecular weight excluding hydrogens is 314 g/mol. The summed E-state index contributed by atoms with van der Waals surface area (Å²) in [7, 11) is 0. The molecular formula is C17H18BrNO. The molecule has 0 fully saturated rings. The molecule has 1 aliphatic rings. The maximum absolute atomic E-state index is 6.04. The fourth-order valence-electron chi connectivity index (χ4n) is 2.53. The van der Waals surface area contributed by atoms with Gasteiger partial charge in [0.25, 0.3) is 0 Å². The Morgan fingerprint density at radius 1 is 1.15 bits per heavy atom. The molecule has 2 aromatic rings. The van der Waals surface area contributed by atoms with E-state index in [1.165, 1.54) is 11.1 Å². The van der Waals surface area contributed by atoms with E-state index < -0.39 is 0 Å². The van der Waals surface area contributed by atoms with Crippen molar-refractivity contribution in [3.05, 3.63) is 64.1 Å². The summed E-state index contributed by atoms with van der Waals surface area (Å²) in [4.78, 5) is 0. The van der Waals surface area contributed by atoms with Crippen LogP contribution >= 0.6 is 15.9 Å². The molecule has 0 saturated carbocycles. The van der Waals surface area contributed by atoms with Crippen molar-refractivity contribution in [3.8, 4) is 5.75 Å². The number of hydrogen-bond acceptors (Lipinski definition) is 2. The van der Waals surface area contributed by atoms with Crippen molar-refractivity contribution in [1.29, 1.82) is 0 Å². The van der Waals surface area contributed by atoms with Crippen molar-refractivity contribution in [1.82, 2.24) is 5.32 Å². The summed E-state index contributed by atoms with van der Waals surface area (Å²) in [5.41, 5.74) is 2.62. The Bertz CT molecular complexity index is 570. The summed E-state index contributed by atoms with van der Waals surface area (Å²) in [6, 6.07) is 16.7. The first-order valence-corrected chi connectivity index (χ1v) is 7.80. The van der Waals surface area contributed by atoms with Crippen LogP contribution in [0, 0.1) is 0 Å². The zero-order chi connectivity index (χ0) is 13.8. The van der Waals surface area contributed by atoms with Gasteiger partial charge in [0, 0.05) is 17.6 Å². The van der Waals surface area contributed by atoms with E-state index in [4.69, 9.17) is 4.74 Å². The van der Waals surface area contributed by atoms with Crippen LogP contribution in [0.1, 0.15) is 17.5 Å². The van der Waals surface area contributed by atoms with Gasteiger partial charge >= 0.3 is 0 Å². The molecule has 2 aromatic carbocycles. The van der Waals surface area contributed by atoms with Gasteiger partial charge in [-0.05, 0) is 42.2 Å². The average Bonchev–Trinajstić information content (AvgIpc) is 2.48. The van der Waals surface area contributed by atoms with Crippen LogP contribution in [0.25, 0.3) is 0 Å². The molecule has 2 nitrogen and oxygen atoms in total. The second-order valence-corrected chi connectivity index (χ2v) is 6.06. The SMILES string of the molecule is Brc1ccc2c(c1)CC[C@H](CNCc1ccccc1)O2. The molecule has 0 saturated heterocycles. The average molecular weight is 332 g/mol. The van der Waals surface area contributed by atoms with E-state index in [1.54, 1.807) is 0 Å². The normalized spacial score (nSPS) is 17.4. The van der Waals surface area contributed by atoms with Crippen LogP contribution in [0.5, 0.6) is 5.75 Å². The quantitative estimate of drug-likeness (QED) is 0.916. The molecule has 1 aliphatic heterocycles. The van der Waals surface area contributed by atoms with E-state index in [2.05, 4.69) is 57.6 Å². The summed E-state index contributed by atoms with van der Waals surface area (Å²) in [5, 5.41) is 3.48. The van der Waals surface area contributed by atoms with Gasteiger partial charge in [0.2, 0.25) is 0 Å². The van der Waals surface area contributed by atoms with Crippen molar-refractivity contribution >= 4 is 15.9 Å². The van der Waals surface area contributed by atoms with E-state index in [-0.39, 0.29) is 6.10 Å². The third-order valence-corrected chi connectivity index (χ3v) is 4.09. The molecule has 1 N–H and O–H groups in total. The Morgan fingerprint density at radius 3 is 2.85 bits per heavy atom. The predicted octanol–water partition coefficient (Wildman–Crippen LogP) is 3.93. The molecule has 0 aliphatic carbocycles. The zero-order valence-corrected chi connectivity index (χ0v) is 12.9. The lowest BCUT2D eigenvalue weighted by molar-refractivity contribution is 0.170. The lowest BCUT2D eigenvalue weighted by Crippen LogP contribution is -2.33. The summed E-state index contributed by atoms with van der Waals surface area (Å²) in [5.74, 6) is 1.03. The zero-order valence-electron chi connectivity index (χ0n) is 11.3. The van der Waals surface area contributed by atoms with Gasteiger partial charge in [-0.1, -0.05) is 46.3 Å². The largest absolute Gasteiger partial charge is 0.489 e. The third-order valence-electron chi connectivity index (χ3n) is 3.60. The number of halogens is 1. The maximum atomic E-state index is 6.04. The molecule has 0 radical (unpaired) electrons. The Morgan fingerprint density at radius 2 is 2.00 bits per heavy atom. The molecule has 1 atom stereocenters. The smallest absolute Gasteiger partial charge is 0.123 e. The molecule has 1 heterocycles. The first-order chi connectivity index (χ1) is 9.81. The molecule has 0 spiro atoms. The highest BCUT2D eigenvalue weighted by Gasteiger charge is 2.19. The minimum atomic E-state index is 0.271. The van der Waals surface area contributed by atoms with Crippen LogP contribution in [0.2, 0.25) is 0 Å². The second-order valence-electron chi connectivity index (χ2n) is 5.15. The minimum absolute atomic E-state index is 0.271. The van der Waals surface area contributed by atoms with Crippen LogP contribution in [-0.2, 0) is 13.0 Å². The predicted molar refractivity (Wildman–Crippen MR) is 85.0 cm³/mol. The fraction of sp³-hybridized carbons (Fsp3) is 0.294. The van der Waals surface area contributed by atoms with Gasteiger partial charge in [0.05, 0.1) is 0 Å².